The lowest BCUT2D eigenvalue weighted by Crippen LogP contribution is -2.47. The number of carbonyl (C=O) groups is 2. The van der Waals surface area contributed by atoms with Crippen molar-refractivity contribution >= 4 is 23.2 Å². The molecule has 2 amide bonds. The first-order chi connectivity index (χ1) is 17.9. The summed E-state index contributed by atoms with van der Waals surface area (Å²) in [5.74, 6) is -0.0356. The van der Waals surface area contributed by atoms with E-state index in [-0.39, 0.29) is 35.7 Å². The number of aryl methyl sites for hydroxylation is 1. The lowest BCUT2D eigenvalue weighted by molar-refractivity contribution is -0.385. The topological polar surface area (TPSA) is 102 Å². The van der Waals surface area contributed by atoms with Gasteiger partial charge in [0.2, 0.25) is 5.91 Å². The molecule has 0 saturated heterocycles. The number of nitro groups is 1. The minimum atomic E-state index is -0.510. The number of amides is 2. The van der Waals surface area contributed by atoms with Gasteiger partial charge in [0.1, 0.15) is 18.3 Å². The molecule has 3 heterocycles. The van der Waals surface area contributed by atoms with E-state index in [0.717, 1.165) is 24.2 Å². The van der Waals surface area contributed by atoms with E-state index in [0.29, 0.717) is 17.0 Å². The summed E-state index contributed by atoms with van der Waals surface area (Å²) in [6.45, 7) is 1.48. The molecule has 4 aromatic rings. The highest BCUT2D eigenvalue weighted by Crippen LogP contribution is 2.42. The highest BCUT2D eigenvalue weighted by molar-refractivity contribution is 6.03. The Labute approximate surface area is 212 Å². The fraction of sp³-hybridized carbons (Fsp3) is 0.214. The highest BCUT2D eigenvalue weighted by Gasteiger charge is 2.41. The number of hydrogen-bond donors (Lipinski definition) is 0. The van der Waals surface area contributed by atoms with Crippen LogP contribution in [0.3, 0.4) is 0 Å². The molecule has 0 bridgehead atoms. The number of carbonyl (C=O) groups excluding carboxylic acids is 2. The molecule has 1 aliphatic heterocycles. The van der Waals surface area contributed by atoms with E-state index >= 15 is 0 Å². The maximum atomic E-state index is 14.1. The molecule has 6 rings (SSSR count). The zero-order valence-electron chi connectivity index (χ0n) is 20.1. The predicted molar refractivity (Wildman–Crippen MR) is 136 cm³/mol. The quantitative estimate of drug-likeness (QED) is 0.275. The Morgan fingerprint density at radius 1 is 1.05 bits per heavy atom. The summed E-state index contributed by atoms with van der Waals surface area (Å²) in [5, 5.41) is 11.4. The summed E-state index contributed by atoms with van der Waals surface area (Å²) in [5.41, 5.74) is 3.01. The number of nitrogens with zero attached hydrogens (tertiary/aromatic N) is 4. The molecule has 2 aromatic heterocycles. The van der Waals surface area contributed by atoms with Gasteiger partial charge in [0.15, 0.2) is 0 Å². The van der Waals surface area contributed by atoms with Gasteiger partial charge >= 0.3 is 0 Å². The minimum absolute atomic E-state index is 0.0808. The third-order valence-electron chi connectivity index (χ3n) is 7.01. The van der Waals surface area contributed by atoms with Crippen molar-refractivity contribution in [1.82, 2.24) is 9.47 Å². The summed E-state index contributed by atoms with van der Waals surface area (Å²) in [4.78, 5) is 41.8. The molecule has 37 heavy (non-hydrogen) atoms. The summed E-state index contributed by atoms with van der Waals surface area (Å²) in [6, 6.07) is 19.0. The number of rotatable bonds is 6. The molecule has 1 aliphatic carbocycles. The van der Waals surface area contributed by atoms with Crippen molar-refractivity contribution in [3.05, 3.63) is 112 Å². The van der Waals surface area contributed by atoms with Gasteiger partial charge in [-0.15, -0.1) is 0 Å². The van der Waals surface area contributed by atoms with Gasteiger partial charge in [0, 0.05) is 29.4 Å². The molecule has 9 nitrogen and oxygen atoms in total. The second kappa shape index (κ2) is 8.77. The Kier molecular flexibility index (Phi) is 5.40. The summed E-state index contributed by atoms with van der Waals surface area (Å²) in [7, 11) is 0. The van der Waals surface area contributed by atoms with Gasteiger partial charge in [0.05, 0.1) is 28.3 Å². The SMILES string of the molecule is Cc1ccc(C(=O)N(CC(=O)N2c3ccccc3-n3cccc3C2c2ccco2)C2CC2)cc1[N+](=O)[O-]. The van der Waals surface area contributed by atoms with Crippen LogP contribution in [0.15, 0.2) is 83.6 Å². The number of fused-ring (bicyclic) bond motifs is 3. The molecular weight excluding hydrogens is 472 g/mol. The van der Waals surface area contributed by atoms with E-state index in [1.165, 1.54) is 6.07 Å². The van der Waals surface area contributed by atoms with Crippen molar-refractivity contribution in [2.45, 2.75) is 31.8 Å². The fourth-order valence-corrected chi connectivity index (χ4v) is 5.06. The first kappa shape index (κ1) is 22.8. The second-order valence-electron chi connectivity index (χ2n) is 9.40. The number of nitro benzene ring substituents is 1. The molecule has 0 radical (unpaired) electrons. The molecule has 2 aliphatic rings. The van der Waals surface area contributed by atoms with E-state index in [2.05, 4.69) is 0 Å². The lowest BCUT2D eigenvalue weighted by Gasteiger charge is -2.38. The lowest BCUT2D eigenvalue weighted by atomic mass is 10.0. The summed E-state index contributed by atoms with van der Waals surface area (Å²) in [6.07, 6.45) is 5.11. The first-order valence-corrected chi connectivity index (χ1v) is 12.1. The number of aromatic nitrogens is 1. The van der Waals surface area contributed by atoms with Crippen LogP contribution < -0.4 is 4.90 Å². The second-order valence-corrected chi connectivity index (χ2v) is 9.40. The summed E-state index contributed by atoms with van der Waals surface area (Å²) < 4.78 is 7.81. The van der Waals surface area contributed by atoms with Crippen LogP contribution in [0.1, 0.15) is 46.3 Å². The van der Waals surface area contributed by atoms with Gasteiger partial charge in [-0.1, -0.05) is 18.2 Å². The number of anilines is 1. The van der Waals surface area contributed by atoms with Crippen molar-refractivity contribution in [3.8, 4) is 5.69 Å². The third-order valence-corrected chi connectivity index (χ3v) is 7.01. The van der Waals surface area contributed by atoms with Crippen molar-refractivity contribution in [1.29, 1.82) is 0 Å². The van der Waals surface area contributed by atoms with Gasteiger partial charge in [0.25, 0.3) is 11.6 Å². The highest BCUT2D eigenvalue weighted by atomic mass is 16.6. The zero-order valence-corrected chi connectivity index (χ0v) is 20.1. The van der Waals surface area contributed by atoms with Crippen LogP contribution >= 0.6 is 0 Å². The van der Waals surface area contributed by atoms with E-state index in [1.807, 2.05) is 53.2 Å². The number of furan rings is 1. The van der Waals surface area contributed by atoms with Crippen LogP contribution in [-0.4, -0.2) is 38.8 Å². The van der Waals surface area contributed by atoms with Crippen LogP contribution in [-0.2, 0) is 4.79 Å². The maximum absolute atomic E-state index is 14.1. The Bertz CT molecular complexity index is 1520. The molecule has 9 heteroatoms. The Morgan fingerprint density at radius 3 is 2.54 bits per heavy atom. The van der Waals surface area contributed by atoms with Crippen LogP contribution in [0.4, 0.5) is 11.4 Å². The van der Waals surface area contributed by atoms with Gasteiger partial charge < -0.3 is 13.9 Å². The van der Waals surface area contributed by atoms with E-state index in [1.54, 1.807) is 41.2 Å². The maximum Gasteiger partial charge on any atom is 0.273 e. The number of hydrogen-bond acceptors (Lipinski definition) is 5. The van der Waals surface area contributed by atoms with Crippen molar-refractivity contribution in [2.24, 2.45) is 0 Å². The Balaban J connectivity index is 1.38. The molecule has 1 saturated carbocycles. The zero-order chi connectivity index (χ0) is 25.7. The van der Waals surface area contributed by atoms with E-state index in [4.69, 9.17) is 4.42 Å². The Hall–Kier alpha value is -4.66. The van der Waals surface area contributed by atoms with Crippen LogP contribution in [0.25, 0.3) is 5.69 Å². The van der Waals surface area contributed by atoms with Crippen LogP contribution in [0, 0.1) is 17.0 Å². The van der Waals surface area contributed by atoms with E-state index < -0.39 is 11.0 Å². The smallest absolute Gasteiger partial charge is 0.273 e. The van der Waals surface area contributed by atoms with Crippen LogP contribution in [0.5, 0.6) is 0 Å². The molecule has 0 spiro atoms. The third kappa shape index (κ3) is 3.88. The average Bonchev–Trinajstić information content (AvgIpc) is 3.37. The molecule has 186 valence electrons. The largest absolute Gasteiger partial charge is 0.467 e. The van der Waals surface area contributed by atoms with Crippen molar-refractivity contribution in [2.75, 3.05) is 11.4 Å². The molecule has 1 atom stereocenters. The number of benzene rings is 2. The fourth-order valence-electron chi connectivity index (χ4n) is 5.06. The van der Waals surface area contributed by atoms with Gasteiger partial charge in [-0.05, 0) is 62.2 Å². The van der Waals surface area contributed by atoms with Crippen LogP contribution in [0.2, 0.25) is 0 Å². The number of para-hydroxylation sites is 2. The van der Waals surface area contributed by atoms with E-state index in [9.17, 15) is 19.7 Å². The van der Waals surface area contributed by atoms with Gasteiger partial charge in [-0.3, -0.25) is 24.6 Å². The molecule has 1 unspecified atom stereocenters. The van der Waals surface area contributed by atoms with Crippen molar-refractivity contribution in [3.63, 3.8) is 0 Å². The standard InChI is InChI=1S/C28H24N4O5/c1-18-10-11-19(16-24(18)32(35)36)28(34)30(20-12-13-20)17-26(33)31-22-7-3-2-6-21(22)29-14-4-8-23(29)27(31)25-9-5-15-37-25/h2-11,14-16,20,27H,12-13,17H2,1H3. The monoisotopic (exact) mass is 496 g/mol. The van der Waals surface area contributed by atoms with Gasteiger partial charge in [-0.2, -0.15) is 0 Å². The molecule has 2 aromatic carbocycles. The Morgan fingerprint density at radius 2 is 1.84 bits per heavy atom. The normalized spacial score (nSPS) is 16.1. The molecule has 0 N–H and O–H groups in total. The molecule has 1 fully saturated rings. The first-order valence-electron chi connectivity index (χ1n) is 12.1. The van der Waals surface area contributed by atoms with Crippen molar-refractivity contribution < 1.29 is 18.9 Å². The molecular formula is C28H24N4O5. The average molecular weight is 497 g/mol. The predicted octanol–water partition coefficient (Wildman–Crippen LogP) is 5.03. The summed E-state index contributed by atoms with van der Waals surface area (Å²) >= 11 is 0. The minimum Gasteiger partial charge on any atom is -0.467 e. The van der Waals surface area contributed by atoms with Gasteiger partial charge in [-0.25, -0.2) is 0 Å².